The average Bonchev–Trinajstić information content (AvgIpc) is 2.72. The largest absolute Gasteiger partial charge is 0.379 e. The zero-order valence-electron chi connectivity index (χ0n) is 9.56. The number of rotatable bonds is 4. The van der Waals surface area contributed by atoms with Crippen molar-refractivity contribution in [2.24, 2.45) is 5.14 Å². The number of halogens is 2. The first-order valence-electron chi connectivity index (χ1n) is 5.15. The number of benzene rings is 1. The number of nitrogens with two attached hydrogens (primary N) is 1. The lowest BCUT2D eigenvalue weighted by molar-refractivity contribution is 0.598. The topological polar surface area (TPSA) is 72.2 Å². The first kappa shape index (κ1) is 15.0. The number of thiophene rings is 1. The molecule has 0 saturated heterocycles. The second kappa shape index (κ2) is 5.92. The van der Waals surface area contributed by atoms with E-state index in [0.29, 0.717) is 11.0 Å². The number of anilines is 1. The summed E-state index contributed by atoms with van der Waals surface area (Å²) in [5.41, 5.74) is 0.817. The normalized spacial score (nSPS) is 11.5. The van der Waals surface area contributed by atoms with Gasteiger partial charge in [0.1, 0.15) is 0 Å². The molecule has 1 aromatic heterocycles. The molecule has 0 bridgehead atoms. The van der Waals surface area contributed by atoms with Gasteiger partial charge in [-0.2, -0.15) is 0 Å². The summed E-state index contributed by atoms with van der Waals surface area (Å²) in [6, 6.07) is 6.69. The highest BCUT2D eigenvalue weighted by atomic mass is 79.9. The Bertz CT molecular complexity index is 698. The first-order chi connectivity index (χ1) is 8.86. The van der Waals surface area contributed by atoms with Crippen LogP contribution in [0, 0.1) is 0 Å². The van der Waals surface area contributed by atoms with Gasteiger partial charge in [-0.3, -0.25) is 0 Å². The zero-order chi connectivity index (χ0) is 14.0. The van der Waals surface area contributed by atoms with Crippen LogP contribution in [0.2, 0.25) is 0 Å². The average molecular weight is 426 g/mol. The minimum Gasteiger partial charge on any atom is -0.379 e. The molecule has 3 N–H and O–H groups in total. The maximum atomic E-state index is 11.2. The van der Waals surface area contributed by atoms with E-state index in [2.05, 4.69) is 37.2 Å². The van der Waals surface area contributed by atoms with Crippen LogP contribution in [0.3, 0.4) is 0 Å². The molecule has 0 spiro atoms. The molecule has 8 heteroatoms. The van der Waals surface area contributed by atoms with Gasteiger partial charge in [0.2, 0.25) is 10.0 Å². The van der Waals surface area contributed by atoms with E-state index in [-0.39, 0.29) is 4.90 Å². The van der Waals surface area contributed by atoms with Crippen LogP contribution in [-0.2, 0) is 16.6 Å². The van der Waals surface area contributed by atoms with Crippen LogP contribution in [0.1, 0.15) is 4.88 Å². The van der Waals surface area contributed by atoms with Crippen molar-refractivity contribution in [2.45, 2.75) is 11.4 Å². The summed E-state index contributed by atoms with van der Waals surface area (Å²) in [6.07, 6.45) is 0. The molecule has 2 aromatic rings. The lowest BCUT2D eigenvalue weighted by Gasteiger charge is -2.08. The van der Waals surface area contributed by atoms with E-state index in [1.54, 1.807) is 17.4 Å². The molecule has 0 aliphatic carbocycles. The molecule has 1 aromatic carbocycles. The van der Waals surface area contributed by atoms with E-state index < -0.39 is 10.0 Å². The second-order valence-corrected chi connectivity index (χ2v) is 8.10. The van der Waals surface area contributed by atoms with Crippen LogP contribution in [0.4, 0.5) is 5.69 Å². The van der Waals surface area contributed by atoms with Crippen LogP contribution in [0.5, 0.6) is 0 Å². The third kappa shape index (κ3) is 4.03. The molecule has 0 saturated carbocycles. The van der Waals surface area contributed by atoms with Crippen molar-refractivity contribution in [3.05, 3.63) is 43.5 Å². The summed E-state index contributed by atoms with van der Waals surface area (Å²) >= 11 is 8.37. The van der Waals surface area contributed by atoms with Gasteiger partial charge in [0.05, 0.1) is 4.90 Å². The van der Waals surface area contributed by atoms with E-state index >= 15 is 0 Å². The lowest BCUT2D eigenvalue weighted by atomic mass is 10.3. The van der Waals surface area contributed by atoms with Crippen LogP contribution in [-0.4, -0.2) is 8.42 Å². The Morgan fingerprint density at radius 1 is 1.26 bits per heavy atom. The Balaban J connectivity index is 2.14. The van der Waals surface area contributed by atoms with Crippen LogP contribution < -0.4 is 10.5 Å². The highest BCUT2D eigenvalue weighted by molar-refractivity contribution is 9.10. The fourth-order valence-corrected chi connectivity index (χ4v) is 4.05. The molecule has 0 fully saturated rings. The smallest absolute Gasteiger partial charge is 0.238 e. The van der Waals surface area contributed by atoms with Crippen molar-refractivity contribution in [3.63, 3.8) is 0 Å². The number of hydrogen-bond acceptors (Lipinski definition) is 4. The summed E-state index contributed by atoms with van der Waals surface area (Å²) in [7, 11) is -3.67. The third-order valence-corrected chi connectivity index (χ3v) is 5.61. The van der Waals surface area contributed by atoms with Crippen LogP contribution in [0.25, 0.3) is 0 Å². The summed E-state index contributed by atoms with van der Waals surface area (Å²) < 4.78 is 24.1. The first-order valence-corrected chi connectivity index (χ1v) is 9.16. The molecule has 4 nitrogen and oxygen atoms in total. The zero-order valence-corrected chi connectivity index (χ0v) is 14.4. The van der Waals surface area contributed by atoms with Crippen LogP contribution in [0.15, 0.2) is 43.5 Å². The van der Waals surface area contributed by atoms with Gasteiger partial charge >= 0.3 is 0 Å². The fraction of sp³-hybridized carbons (Fsp3) is 0.0909. The minimum absolute atomic E-state index is 0.0868. The predicted octanol–water partition coefficient (Wildman–Crippen LogP) is 3.53. The third-order valence-electron chi connectivity index (χ3n) is 2.34. The summed E-state index contributed by atoms with van der Waals surface area (Å²) in [5, 5.41) is 10.3. The van der Waals surface area contributed by atoms with Gasteiger partial charge in [0, 0.05) is 31.4 Å². The lowest BCUT2D eigenvalue weighted by Crippen LogP contribution is -2.12. The number of sulfonamides is 1. The van der Waals surface area contributed by atoms with Crippen molar-refractivity contribution in [3.8, 4) is 0 Å². The van der Waals surface area contributed by atoms with E-state index in [0.717, 1.165) is 10.2 Å². The highest BCUT2D eigenvalue weighted by Crippen LogP contribution is 2.27. The summed E-state index contributed by atoms with van der Waals surface area (Å²) in [6.45, 7) is 0.670. The maximum absolute atomic E-state index is 11.2. The Morgan fingerprint density at radius 2 is 2.00 bits per heavy atom. The standard InChI is InChI=1S/C11H10Br2N2O2S2/c12-7-3-8(18-6-7)5-15-11-2-1-9(4-10(11)13)19(14,16)17/h1-4,6,15H,5H2,(H2,14,16,17). The number of hydrogen-bond donors (Lipinski definition) is 2. The molecule has 0 aliphatic heterocycles. The van der Waals surface area contributed by atoms with Gasteiger partial charge in [0.15, 0.2) is 0 Å². The number of nitrogens with one attached hydrogen (secondary N) is 1. The molecule has 0 unspecified atom stereocenters. The van der Waals surface area contributed by atoms with Gasteiger partial charge in [-0.1, -0.05) is 0 Å². The molecule has 0 aliphatic rings. The van der Waals surface area contributed by atoms with E-state index in [4.69, 9.17) is 5.14 Å². The van der Waals surface area contributed by atoms with Crippen molar-refractivity contribution < 1.29 is 8.42 Å². The number of primary sulfonamides is 1. The Morgan fingerprint density at radius 3 is 2.53 bits per heavy atom. The molecule has 102 valence electrons. The minimum atomic E-state index is -3.67. The second-order valence-electron chi connectivity index (χ2n) is 3.77. The quantitative estimate of drug-likeness (QED) is 0.786. The van der Waals surface area contributed by atoms with Gasteiger partial charge in [-0.15, -0.1) is 11.3 Å². The predicted molar refractivity (Wildman–Crippen MR) is 84.9 cm³/mol. The SMILES string of the molecule is NS(=O)(=O)c1ccc(NCc2cc(Br)cs2)c(Br)c1. The van der Waals surface area contributed by atoms with Crippen molar-refractivity contribution in [2.75, 3.05) is 5.32 Å². The van der Waals surface area contributed by atoms with Crippen molar-refractivity contribution >= 4 is 58.9 Å². The molecule has 0 atom stereocenters. The molecule has 1 heterocycles. The maximum Gasteiger partial charge on any atom is 0.238 e. The van der Waals surface area contributed by atoms with Gasteiger partial charge in [-0.25, -0.2) is 13.6 Å². The van der Waals surface area contributed by atoms with Gasteiger partial charge in [-0.05, 0) is 56.1 Å². The Hall–Kier alpha value is -0.410. The Kier molecular flexibility index (Phi) is 4.67. The van der Waals surface area contributed by atoms with E-state index in [1.807, 2.05) is 11.4 Å². The van der Waals surface area contributed by atoms with Crippen molar-refractivity contribution in [1.29, 1.82) is 0 Å². The molecule has 0 amide bonds. The van der Waals surface area contributed by atoms with Gasteiger partial charge in [0.25, 0.3) is 0 Å². The van der Waals surface area contributed by atoms with Crippen LogP contribution >= 0.6 is 43.2 Å². The van der Waals surface area contributed by atoms with Gasteiger partial charge < -0.3 is 5.32 Å². The molecule has 0 radical (unpaired) electrons. The highest BCUT2D eigenvalue weighted by Gasteiger charge is 2.10. The molecule has 19 heavy (non-hydrogen) atoms. The summed E-state index contributed by atoms with van der Waals surface area (Å²) in [5.74, 6) is 0. The molecular weight excluding hydrogens is 416 g/mol. The Labute approximate surface area is 132 Å². The fourth-order valence-electron chi connectivity index (χ4n) is 1.45. The molecule has 2 rings (SSSR count). The monoisotopic (exact) mass is 424 g/mol. The van der Waals surface area contributed by atoms with Crippen molar-refractivity contribution in [1.82, 2.24) is 0 Å². The summed E-state index contributed by atoms with van der Waals surface area (Å²) in [4.78, 5) is 1.26. The van der Waals surface area contributed by atoms with E-state index in [9.17, 15) is 8.42 Å². The molecular formula is C11H10Br2N2O2S2. The van der Waals surface area contributed by atoms with E-state index in [1.165, 1.54) is 17.0 Å².